The Kier molecular flexibility index (Phi) is 3.75. The topological polar surface area (TPSA) is 48.4 Å². The van der Waals surface area contributed by atoms with Gasteiger partial charge in [-0.2, -0.15) is 0 Å². The molecule has 2 heterocycles. The average Bonchev–Trinajstić information content (AvgIpc) is 2.94. The zero-order chi connectivity index (χ0) is 12.3. The minimum absolute atomic E-state index is 0.366. The van der Waals surface area contributed by atoms with Gasteiger partial charge in [0.15, 0.2) is 4.88 Å². The minimum atomic E-state index is -0.371. The molecule has 4 nitrogen and oxygen atoms in total. The summed E-state index contributed by atoms with van der Waals surface area (Å²) < 4.78 is 10.2. The summed E-state index contributed by atoms with van der Waals surface area (Å²) in [5.74, 6) is 0.178. The van der Waals surface area contributed by atoms with E-state index in [-0.39, 0.29) is 5.97 Å². The average molecular weight is 269 g/mol. The van der Waals surface area contributed by atoms with Crippen LogP contribution in [0, 0.1) is 6.92 Å². The fourth-order valence-electron chi connectivity index (χ4n) is 1.28. The van der Waals surface area contributed by atoms with Crippen LogP contribution in [-0.2, 0) is 11.3 Å². The highest BCUT2D eigenvalue weighted by molar-refractivity contribution is 7.12. The Morgan fingerprint density at radius 1 is 1.47 bits per heavy atom. The molecule has 0 aliphatic heterocycles. The zero-order valence-corrected chi connectivity index (χ0v) is 11.1. The van der Waals surface area contributed by atoms with Gasteiger partial charge in [-0.15, -0.1) is 22.7 Å². The van der Waals surface area contributed by atoms with Crippen LogP contribution in [-0.4, -0.2) is 18.1 Å². The lowest BCUT2D eigenvalue weighted by molar-refractivity contribution is 0.0601. The van der Waals surface area contributed by atoms with E-state index in [4.69, 9.17) is 4.74 Å². The largest absolute Gasteiger partial charge is 0.485 e. The summed E-state index contributed by atoms with van der Waals surface area (Å²) >= 11 is 2.88. The number of carbonyl (C=O) groups excluding carboxylic acids is 1. The van der Waals surface area contributed by atoms with Crippen molar-refractivity contribution < 1.29 is 14.3 Å². The molecule has 17 heavy (non-hydrogen) atoms. The number of rotatable bonds is 4. The van der Waals surface area contributed by atoms with Crippen LogP contribution in [0.2, 0.25) is 0 Å². The molecule has 0 atom stereocenters. The Balaban J connectivity index is 2.04. The van der Waals surface area contributed by atoms with Gasteiger partial charge in [0, 0.05) is 5.38 Å². The van der Waals surface area contributed by atoms with Gasteiger partial charge in [-0.05, 0) is 18.4 Å². The summed E-state index contributed by atoms with van der Waals surface area (Å²) in [6.45, 7) is 2.31. The van der Waals surface area contributed by atoms with Crippen LogP contribution in [0.3, 0.4) is 0 Å². The van der Waals surface area contributed by atoms with Crippen LogP contribution in [0.1, 0.15) is 20.4 Å². The van der Waals surface area contributed by atoms with Gasteiger partial charge in [0.2, 0.25) is 0 Å². The number of esters is 1. The Bertz CT molecular complexity index is 518. The number of thiophene rings is 1. The van der Waals surface area contributed by atoms with E-state index in [1.54, 1.807) is 22.8 Å². The van der Waals surface area contributed by atoms with Crippen molar-refractivity contribution in [1.82, 2.24) is 4.98 Å². The molecule has 0 saturated carbocycles. The normalized spacial score (nSPS) is 10.2. The van der Waals surface area contributed by atoms with Crippen molar-refractivity contribution in [2.75, 3.05) is 7.11 Å². The van der Waals surface area contributed by atoms with Crippen LogP contribution < -0.4 is 4.74 Å². The number of methoxy groups -OCH3 is 1. The van der Waals surface area contributed by atoms with Crippen LogP contribution in [0.25, 0.3) is 0 Å². The van der Waals surface area contributed by atoms with E-state index in [0.717, 1.165) is 10.7 Å². The van der Waals surface area contributed by atoms with Crippen LogP contribution in [0.15, 0.2) is 16.8 Å². The van der Waals surface area contributed by atoms with Gasteiger partial charge in [0.25, 0.3) is 0 Å². The second-order valence-electron chi connectivity index (χ2n) is 3.25. The zero-order valence-electron chi connectivity index (χ0n) is 9.43. The number of aromatic nitrogens is 1. The van der Waals surface area contributed by atoms with Gasteiger partial charge >= 0.3 is 5.97 Å². The maximum absolute atomic E-state index is 11.4. The van der Waals surface area contributed by atoms with Gasteiger partial charge in [0.05, 0.1) is 17.8 Å². The molecule has 0 amide bonds. The number of thiazole rings is 1. The lowest BCUT2D eigenvalue weighted by Crippen LogP contribution is -2.02. The monoisotopic (exact) mass is 269 g/mol. The fourth-order valence-corrected chi connectivity index (χ4v) is 2.63. The van der Waals surface area contributed by atoms with Gasteiger partial charge in [-0.25, -0.2) is 9.78 Å². The molecule has 0 saturated heterocycles. The number of hydrogen-bond donors (Lipinski definition) is 0. The van der Waals surface area contributed by atoms with Gasteiger partial charge in [-0.3, -0.25) is 0 Å². The second-order valence-corrected chi connectivity index (χ2v) is 5.23. The number of carbonyl (C=O) groups is 1. The van der Waals surface area contributed by atoms with E-state index in [0.29, 0.717) is 17.2 Å². The van der Waals surface area contributed by atoms with E-state index in [9.17, 15) is 4.79 Å². The van der Waals surface area contributed by atoms with Crippen LogP contribution >= 0.6 is 22.7 Å². The molecule has 0 bridgehead atoms. The SMILES string of the molecule is COC(=O)c1sccc1OCc1csc(C)n1. The van der Waals surface area contributed by atoms with E-state index in [1.807, 2.05) is 12.3 Å². The Morgan fingerprint density at radius 2 is 2.29 bits per heavy atom. The Morgan fingerprint density at radius 3 is 2.94 bits per heavy atom. The van der Waals surface area contributed by atoms with E-state index in [2.05, 4.69) is 9.72 Å². The van der Waals surface area contributed by atoms with E-state index in [1.165, 1.54) is 18.4 Å². The number of hydrogen-bond acceptors (Lipinski definition) is 6. The molecule has 0 fully saturated rings. The maximum Gasteiger partial charge on any atom is 0.351 e. The number of nitrogens with zero attached hydrogens (tertiary/aromatic N) is 1. The molecule has 2 aromatic rings. The van der Waals surface area contributed by atoms with Crippen LogP contribution in [0.4, 0.5) is 0 Å². The molecule has 2 aromatic heterocycles. The fraction of sp³-hybridized carbons (Fsp3) is 0.273. The molecular formula is C11H11NO3S2. The smallest absolute Gasteiger partial charge is 0.351 e. The first-order valence-electron chi connectivity index (χ1n) is 4.90. The lowest BCUT2D eigenvalue weighted by atomic mass is 10.4. The predicted octanol–water partition coefficient (Wildman–Crippen LogP) is 2.88. The Hall–Kier alpha value is -1.40. The third-order valence-electron chi connectivity index (χ3n) is 2.04. The van der Waals surface area contributed by atoms with Crippen molar-refractivity contribution in [3.05, 3.63) is 32.4 Å². The van der Waals surface area contributed by atoms with Gasteiger partial charge in [0.1, 0.15) is 12.4 Å². The molecule has 0 aromatic carbocycles. The van der Waals surface area contributed by atoms with Crippen molar-refractivity contribution in [3.8, 4) is 5.75 Å². The van der Waals surface area contributed by atoms with Gasteiger partial charge in [-0.1, -0.05) is 0 Å². The second kappa shape index (κ2) is 5.29. The molecule has 0 aliphatic carbocycles. The maximum atomic E-state index is 11.4. The quantitative estimate of drug-likeness (QED) is 0.801. The highest BCUT2D eigenvalue weighted by atomic mass is 32.1. The Labute approximate surface area is 107 Å². The summed E-state index contributed by atoms with van der Waals surface area (Å²) in [6, 6.07) is 1.76. The van der Waals surface area contributed by atoms with E-state index >= 15 is 0 Å². The molecule has 0 unspecified atom stereocenters. The first-order chi connectivity index (χ1) is 8.20. The summed E-state index contributed by atoms with van der Waals surface area (Å²) in [7, 11) is 1.36. The summed E-state index contributed by atoms with van der Waals surface area (Å²) in [6.07, 6.45) is 0. The standard InChI is InChI=1S/C11H11NO3S2/c1-7-12-8(6-17-7)5-15-9-3-4-16-10(9)11(13)14-2/h3-4,6H,5H2,1-2H3. The van der Waals surface area contributed by atoms with Crippen molar-refractivity contribution in [3.63, 3.8) is 0 Å². The lowest BCUT2D eigenvalue weighted by Gasteiger charge is -2.04. The van der Waals surface area contributed by atoms with Crippen molar-refractivity contribution in [2.24, 2.45) is 0 Å². The number of aryl methyl sites for hydroxylation is 1. The third-order valence-corrected chi connectivity index (χ3v) is 3.74. The molecule has 0 spiro atoms. The van der Waals surface area contributed by atoms with Crippen LogP contribution in [0.5, 0.6) is 5.75 Å². The summed E-state index contributed by atoms with van der Waals surface area (Å²) in [5.41, 5.74) is 0.870. The molecular weight excluding hydrogens is 258 g/mol. The van der Waals surface area contributed by atoms with Crippen molar-refractivity contribution >= 4 is 28.6 Å². The molecule has 0 aliphatic rings. The highest BCUT2D eigenvalue weighted by Gasteiger charge is 2.15. The number of ether oxygens (including phenoxy) is 2. The molecule has 2 rings (SSSR count). The predicted molar refractivity (Wildman–Crippen MR) is 66.8 cm³/mol. The summed E-state index contributed by atoms with van der Waals surface area (Å²) in [4.78, 5) is 16.2. The van der Waals surface area contributed by atoms with Gasteiger partial charge < -0.3 is 9.47 Å². The molecule has 90 valence electrons. The minimum Gasteiger partial charge on any atom is -0.485 e. The van der Waals surface area contributed by atoms with E-state index < -0.39 is 0 Å². The summed E-state index contributed by atoms with van der Waals surface area (Å²) in [5, 5.41) is 4.75. The molecule has 6 heteroatoms. The highest BCUT2D eigenvalue weighted by Crippen LogP contribution is 2.26. The van der Waals surface area contributed by atoms with Crippen molar-refractivity contribution in [1.29, 1.82) is 0 Å². The molecule has 0 radical (unpaired) electrons. The third kappa shape index (κ3) is 2.83. The molecule has 0 N–H and O–H groups in total. The van der Waals surface area contributed by atoms with Crippen molar-refractivity contribution in [2.45, 2.75) is 13.5 Å². The first-order valence-corrected chi connectivity index (χ1v) is 6.66. The first kappa shape index (κ1) is 12.1.